The monoisotopic (exact) mass is 319 g/mol. The van der Waals surface area contributed by atoms with Crippen molar-refractivity contribution in [3.63, 3.8) is 0 Å². The number of nitriles is 1. The van der Waals surface area contributed by atoms with Gasteiger partial charge in [0.25, 0.3) is 5.91 Å². The van der Waals surface area contributed by atoms with E-state index in [1.54, 1.807) is 4.90 Å². The Bertz CT molecular complexity index is 751. The van der Waals surface area contributed by atoms with Gasteiger partial charge in [0.15, 0.2) is 0 Å². The summed E-state index contributed by atoms with van der Waals surface area (Å²) in [6.45, 7) is 4.51. The Labute approximate surface area is 142 Å². The van der Waals surface area contributed by atoms with Gasteiger partial charge in [0, 0.05) is 31.7 Å². The summed E-state index contributed by atoms with van der Waals surface area (Å²) < 4.78 is 0. The minimum Gasteiger partial charge on any atom is -0.335 e. The van der Waals surface area contributed by atoms with Crippen molar-refractivity contribution in [2.45, 2.75) is 19.5 Å². The van der Waals surface area contributed by atoms with Crippen molar-refractivity contribution in [1.82, 2.24) is 9.80 Å². The van der Waals surface area contributed by atoms with Crippen molar-refractivity contribution < 1.29 is 4.79 Å². The Balaban J connectivity index is 1.70. The van der Waals surface area contributed by atoms with Gasteiger partial charge in [-0.25, -0.2) is 0 Å². The Morgan fingerprint density at radius 1 is 1.12 bits per heavy atom. The quantitative estimate of drug-likeness (QED) is 0.874. The molecule has 0 radical (unpaired) electrons. The summed E-state index contributed by atoms with van der Waals surface area (Å²) in [6.07, 6.45) is 0. The van der Waals surface area contributed by atoms with E-state index in [1.807, 2.05) is 49.4 Å². The average Bonchev–Trinajstić information content (AvgIpc) is 2.63. The van der Waals surface area contributed by atoms with Crippen LogP contribution in [-0.4, -0.2) is 41.4 Å². The molecule has 0 spiro atoms. The summed E-state index contributed by atoms with van der Waals surface area (Å²) in [4.78, 5) is 16.7. The minimum absolute atomic E-state index is 0.0210. The van der Waals surface area contributed by atoms with E-state index in [9.17, 15) is 10.1 Å². The molecule has 1 amide bonds. The van der Waals surface area contributed by atoms with Crippen LogP contribution in [0.15, 0.2) is 54.6 Å². The second-order valence-corrected chi connectivity index (χ2v) is 6.17. The lowest BCUT2D eigenvalue weighted by molar-refractivity contribution is 0.0551. The highest BCUT2D eigenvalue weighted by Gasteiger charge is 2.30. The van der Waals surface area contributed by atoms with E-state index in [2.05, 4.69) is 23.1 Å². The first kappa shape index (κ1) is 16.2. The molecule has 0 unspecified atom stereocenters. The molecule has 2 aromatic rings. The first-order valence-electron chi connectivity index (χ1n) is 8.21. The maximum absolute atomic E-state index is 12.7. The van der Waals surface area contributed by atoms with Crippen LogP contribution in [-0.2, 0) is 6.54 Å². The molecule has 122 valence electrons. The fourth-order valence-corrected chi connectivity index (χ4v) is 3.12. The molecule has 24 heavy (non-hydrogen) atoms. The lowest BCUT2D eigenvalue weighted by Crippen LogP contribution is -2.53. The highest BCUT2D eigenvalue weighted by molar-refractivity contribution is 5.95. The first-order valence-corrected chi connectivity index (χ1v) is 8.21. The maximum Gasteiger partial charge on any atom is 0.254 e. The molecule has 1 aliphatic heterocycles. The van der Waals surface area contributed by atoms with Crippen molar-refractivity contribution in [3.8, 4) is 6.07 Å². The van der Waals surface area contributed by atoms with E-state index in [4.69, 9.17) is 0 Å². The van der Waals surface area contributed by atoms with Crippen molar-refractivity contribution >= 4 is 5.91 Å². The number of benzene rings is 2. The van der Waals surface area contributed by atoms with Crippen LogP contribution < -0.4 is 0 Å². The standard InChI is InChI=1S/C20H21N3O/c1-16-7-5-6-10-19(16)20(24)23-12-11-22(18(13-21)15-23)14-17-8-3-2-4-9-17/h2-10,18H,11-12,14-15H2,1H3/t18-/m1/s1. The molecule has 0 aliphatic carbocycles. The Hall–Kier alpha value is -2.64. The number of hydrogen-bond acceptors (Lipinski definition) is 3. The molecule has 4 nitrogen and oxygen atoms in total. The van der Waals surface area contributed by atoms with E-state index in [1.165, 1.54) is 5.56 Å². The molecule has 3 rings (SSSR count). The molecular formula is C20H21N3O. The van der Waals surface area contributed by atoms with Crippen LogP contribution in [0.3, 0.4) is 0 Å². The molecular weight excluding hydrogens is 298 g/mol. The molecule has 0 bridgehead atoms. The smallest absolute Gasteiger partial charge is 0.254 e. The van der Waals surface area contributed by atoms with Crippen molar-refractivity contribution in [1.29, 1.82) is 5.26 Å². The molecule has 4 heteroatoms. The Kier molecular flexibility index (Phi) is 4.93. The van der Waals surface area contributed by atoms with Crippen LogP contribution in [0.5, 0.6) is 0 Å². The highest BCUT2D eigenvalue weighted by Crippen LogP contribution is 2.17. The zero-order chi connectivity index (χ0) is 16.9. The van der Waals surface area contributed by atoms with Gasteiger partial charge < -0.3 is 4.90 Å². The largest absolute Gasteiger partial charge is 0.335 e. The van der Waals surface area contributed by atoms with Gasteiger partial charge in [0.1, 0.15) is 6.04 Å². The van der Waals surface area contributed by atoms with Crippen molar-refractivity contribution in [2.24, 2.45) is 0 Å². The van der Waals surface area contributed by atoms with Crippen LogP contribution in [0.25, 0.3) is 0 Å². The van der Waals surface area contributed by atoms with E-state index in [0.29, 0.717) is 19.6 Å². The third kappa shape index (κ3) is 3.47. The molecule has 0 saturated carbocycles. The van der Waals surface area contributed by atoms with Crippen LogP contribution in [0.2, 0.25) is 0 Å². The normalized spacial score (nSPS) is 18.2. The van der Waals surface area contributed by atoms with Gasteiger partial charge in [-0.3, -0.25) is 9.69 Å². The molecule has 1 atom stereocenters. The number of carbonyl (C=O) groups is 1. The number of aryl methyl sites for hydroxylation is 1. The summed E-state index contributed by atoms with van der Waals surface area (Å²) in [6, 6.07) is 19.8. The number of nitrogens with zero attached hydrogens (tertiary/aromatic N) is 3. The van der Waals surface area contributed by atoms with Crippen molar-refractivity contribution in [2.75, 3.05) is 19.6 Å². The topological polar surface area (TPSA) is 47.3 Å². The summed E-state index contributed by atoms with van der Waals surface area (Å²) in [7, 11) is 0. The van der Waals surface area contributed by atoms with Gasteiger partial charge in [0.2, 0.25) is 0 Å². The van der Waals surface area contributed by atoms with Gasteiger partial charge in [0.05, 0.1) is 6.07 Å². The third-order valence-corrected chi connectivity index (χ3v) is 4.53. The second kappa shape index (κ2) is 7.29. The molecule has 1 fully saturated rings. The zero-order valence-corrected chi connectivity index (χ0v) is 13.9. The predicted molar refractivity (Wildman–Crippen MR) is 93.3 cm³/mol. The van der Waals surface area contributed by atoms with Gasteiger partial charge in [-0.1, -0.05) is 48.5 Å². The molecule has 0 N–H and O–H groups in total. The van der Waals surface area contributed by atoms with Crippen LogP contribution >= 0.6 is 0 Å². The Morgan fingerprint density at radius 2 is 1.83 bits per heavy atom. The van der Waals surface area contributed by atoms with E-state index in [-0.39, 0.29) is 11.9 Å². The minimum atomic E-state index is -0.271. The van der Waals surface area contributed by atoms with E-state index in [0.717, 1.165) is 17.7 Å². The third-order valence-electron chi connectivity index (χ3n) is 4.53. The zero-order valence-electron chi connectivity index (χ0n) is 13.9. The molecule has 0 aromatic heterocycles. The number of hydrogen-bond donors (Lipinski definition) is 0. The van der Waals surface area contributed by atoms with Gasteiger partial charge in [-0.15, -0.1) is 0 Å². The molecule has 1 heterocycles. The molecule has 1 aliphatic rings. The predicted octanol–water partition coefficient (Wildman–Crippen LogP) is 2.85. The first-order chi connectivity index (χ1) is 11.7. The molecule has 2 aromatic carbocycles. The maximum atomic E-state index is 12.7. The van der Waals surface area contributed by atoms with Crippen LogP contribution in [0.4, 0.5) is 0 Å². The Morgan fingerprint density at radius 3 is 2.54 bits per heavy atom. The van der Waals surface area contributed by atoms with Crippen molar-refractivity contribution in [3.05, 3.63) is 71.3 Å². The summed E-state index contributed by atoms with van der Waals surface area (Å²) in [5.74, 6) is 0.0210. The number of amides is 1. The van der Waals surface area contributed by atoms with E-state index < -0.39 is 0 Å². The number of rotatable bonds is 3. The van der Waals surface area contributed by atoms with Gasteiger partial charge in [-0.05, 0) is 24.1 Å². The SMILES string of the molecule is Cc1ccccc1C(=O)N1CCN(Cc2ccccc2)[C@H](C#N)C1. The fraction of sp³-hybridized carbons (Fsp3) is 0.300. The summed E-state index contributed by atoms with van der Waals surface area (Å²) >= 11 is 0. The van der Waals surface area contributed by atoms with Gasteiger partial charge in [-0.2, -0.15) is 5.26 Å². The van der Waals surface area contributed by atoms with Crippen LogP contribution in [0.1, 0.15) is 21.5 Å². The number of carbonyl (C=O) groups excluding carboxylic acids is 1. The summed E-state index contributed by atoms with van der Waals surface area (Å²) in [5.41, 5.74) is 2.89. The second-order valence-electron chi connectivity index (χ2n) is 6.17. The molecule has 1 saturated heterocycles. The van der Waals surface area contributed by atoms with Gasteiger partial charge >= 0.3 is 0 Å². The fourth-order valence-electron chi connectivity index (χ4n) is 3.12. The summed E-state index contributed by atoms with van der Waals surface area (Å²) in [5, 5.41) is 9.53. The van der Waals surface area contributed by atoms with E-state index >= 15 is 0 Å². The number of piperazine rings is 1. The lowest BCUT2D eigenvalue weighted by Gasteiger charge is -2.38. The average molecular weight is 319 g/mol. The highest BCUT2D eigenvalue weighted by atomic mass is 16.2. The van der Waals surface area contributed by atoms with Crippen LogP contribution in [0, 0.1) is 18.3 Å². The lowest BCUT2D eigenvalue weighted by atomic mass is 10.1.